The van der Waals surface area contributed by atoms with E-state index < -0.39 is 0 Å². The van der Waals surface area contributed by atoms with Crippen LogP contribution in [-0.2, 0) is 5.41 Å². The van der Waals surface area contributed by atoms with E-state index in [0.29, 0.717) is 5.82 Å². The van der Waals surface area contributed by atoms with Gasteiger partial charge in [0.25, 0.3) is 0 Å². The fourth-order valence-corrected chi connectivity index (χ4v) is 1.96. The first-order chi connectivity index (χ1) is 8.99. The molecule has 0 aliphatic heterocycles. The Kier molecular flexibility index (Phi) is 4.24. The molecule has 4 N–H and O–H groups in total. The van der Waals surface area contributed by atoms with Gasteiger partial charge in [0.2, 0.25) is 0 Å². The van der Waals surface area contributed by atoms with E-state index in [-0.39, 0.29) is 5.41 Å². The summed E-state index contributed by atoms with van der Waals surface area (Å²) >= 11 is 0. The molecule has 106 valence electrons. The van der Waals surface area contributed by atoms with Gasteiger partial charge in [-0.1, -0.05) is 33.6 Å². The molecule has 1 fully saturated rings. The van der Waals surface area contributed by atoms with Crippen molar-refractivity contribution in [1.29, 1.82) is 0 Å². The van der Waals surface area contributed by atoms with Crippen molar-refractivity contribution in [1.82, 2.24) is 9.97 Å². The van der Waals surface area contributed by atoms with Crippen LogP contribution in [0.5, 0.6) is 0 Å². The summed E-state index contributed by atoms with van der Waals surface area (Å²) < 4.78 is 0. The SMILES string of the molecule is CC(C)(C)c1nc(NN)cc(NCCCC2CC2)n1. The van der Waals surface area contributed by atoms with Gasteiger partial charge in [-0.15, -0.1) is 0 Å². The summed E-state index contributed by atoms with van der Waals surface area (Å²) in [7, 11) is 0. The molecule has 1 aliphatic carbocycles. The Morgan fingerprint density at radius 1 is 1.26 bits per heavy atom. The number of nitrogen functional groups attached to an aromatic ring is 1. The normalized spacial score (nSPS) is 15.4. The standard InChI is InChI=1S/C14H25N5/c1-14(2,3)13-17-11(9-12(18-13)19-15)16-8-4-5-10-6-7-10/h9-10H,4-8,15H2,1-3H3,(H2,16,17,18,19). The predicted molar refractivity (Wildman–Crippen MR) is 79.0 cm³/mol. The molecule has 5 nitrogen and oxygen atoms in total. The summed E-state index contributed by atoms with van der Waals surface area (Å²) in [5.74, 6) is 8.76. The fraction of sp³-hybridized carbons (Fsp3) is 0.714. The van der Waals surface area contributed by atoms with E-state index in [2.05, 4.69) is 41.5 Å². The van der Waals surface area contributed by atoms with E-state index in [4.69, 9.17) is 5.84 Å². The number of nitrogens with two attached hydrogens (primary N) is 1. The van der Waals surface area contributed by atoms with Gasteiger partial charge in [-0.05, 0) is 18.8 Å². The number of nitrogens with zero attached hydrogens (tertiary/aromatic N) is 2. The lowest BCUT2D eigenvalue weighted by molar-refractivity contribution is 0.546. The van der Waals surface area contributed by atoms with Crippen molar-refractivity contribution < 1.29 is 0 Å². The molecule has 0 unspecified atom stereocenters. The molecule has 1 aromatic heterocycles. The number of nitrogens with one attached hydrogen (secondary N) is 2. The predicted octanol–water partition coefficient (Wildman–Crippen LogP) is 2.66. The molecule has 19 heavy (non-hydrogen) atoms. The summed E-state index contributed by atoms with van der Waals surface area (Å²) in [4.78, 5) is 8.97. The van der Waals surface area contributed by atoms with Crippen molar-refractivity contribution in [3.63, 3.8) is 0 Å². The summed E-state index contributed by atoms with van der Waals surface area (Å²) in [5.41, 5.74) is 2.52. The third-order valence-electron chi connectivity index (χ3n) is 3.34. The minimum absolute atomic E-state index is 0.0860. The van der Waals surface area contributed by atoms with Crippen LogP contribution in [0.1, 0.15) is 52.3 Å². The molecule has 1 aromatic rings. The average molecular weight is 263 g/mol. The number of hydrogen-bond donors (Lipinski definition) is 3. The van der Waals surface area contributed by atoms with Gasteiger partial charge in [-0.25, -0.2) is 15.8 Å². The molecular weight excluding hydrogens is 238 g/mol. The summed E-state index contributed by atoms with van der Waals surface area (Å²) in [6, 6.07) is 1.85. The Hall–Kier alpha value is -1.36. The van der Waals surface area contributed by atoms with Gasteiger partial charge in [0.05, 0.1) is 0 Å². The molecule has 0 saturated heterocycles. The van der Waals surface area contributed by atoms with Crippen LogP contribution in [0, 0.1) is 5.92 Å². The first kappa shape index (κ1) is 14.1. The lowest BCUT2D eigenvalue weighted by Crippen LogP contribution is -2.20. The maximum absolute atomic E-state index is 5.47. The highest BCUT2D eigenvalue weighted by molar-refractivity contribution is 5.47. The average Bonchev–Trinajstić information content (AvgIpc) is 3.17. The van der Waals surface area contributed by atoms with Crippen LogP contribution in [0.15, 0.2) is 6.07 Å². The lowest BCUT2D eigenvalue weighted by atomic mass is 9.96. The van der Waals surface area contributed by atoms with Crippen LogP contribution in [-0.4, -0.2) is 16.5 Å². The van der Waals surface area contributed by atoms with Gasteiger partial charge in [-0.2, -0.15) is 0 Å². The monoisotopic (exact) mass is 263 g/mol. The highest BCUT2D eigenvalue weighted by Gasteiger charge is 2.20. The van der Waals surface area contributed by atoms with Crippen molar-refractivity contribution in [2.45, 2.75) is 51.9 Å². The zero-order valence-corrected chi connectivity index (χ0v) is 12.2. The number of aromatic nitrogens is 2. The smallest absolute Gasteiger partial charge is 0.145 e. The Balaban J connectivity index is 1.97. The minimum atomic E-state index is -0.0860. The maximum atomic E-state index is 5.47. The Morgan fingerprint density at radius 3 is 2.53 bits per heavy atom. The number of hydrogen-bond acceptors (Lipinski definition) is 5. The van der Waals surface area contributed by atoms with Crippen LogP contribution in [0.2, 0.25) is 0 Å². The molecule has 2 rings (SSSR count). The minimum Gasteiger partial charge on any atom is -0.370 e. The van der Waals surface area contributed by atoms with Gasteiger partial charge in [0.1, 0.15) is 17.5 Å². The summed E-state index contributed by atoms with van der Waals surface area (Å²) in [5, 5.41) is 3.37. The summed E-state index contributed by atoms with van der Waals surface area (Å²) in [6.07, 6.45) is 5.36. The molecule has 1 heterocycles. The van der Waals surface area contributed by atoms with Gasteiger partial charge >= 0.3 is 0 Å². The largest absolute Gasteiger partial charge is 0.370 e. The molecule has 5 heteroatoms. The lowest BCUT2D eigenvalue weighted by Gasteiger charge is -2.18. The Morgan fingerprint density at radius 2 is 1.95 bits per heavy atom. The van der Waals surface area contributed by atoms with Crippen LogP contribution >= 0.6 is 0 Å². The van der Waals surface area contributed by atoms with Crippen LogP contribution in [0.3, 0.4) is 0 Å². The molecular formula is C14H25N5. The van der Waals surface area contributed by atoms with Gasteiger partial charge < -0.3 is 10.7 Å². The first-order valence-electron chi connectivity index (χ1n) is 7.09. The number of hydrazine groups is 1. The third-order valence-corrected chi connectivity index (χ3v) is 3.34. The highest BCUT2D eigenvalue weighted by Crippen LogP contribution is 2.33. The second-order valence-corrected chi connectivity index (χ2v) is 6.37. The Bertz CT molecular complexity index is 420. The second-order valence-electron chi connectivity index (χ2n) is 6.37. The van der Waals surface area contributed by atoms with Crippen LogP contribution < -0.4 is 16.6 Å². The summed E-state index contributed by atoms with van der Waals surface area (Å²) in [6.45, 7) is 7.25. The van der Waals surface area contributed by atoms with Gasteiger partial charge in [-0.3, -0.25) is 0 Å². The first-order valence-corrected chi connectivity index (χ1v) is 7.09. The quantitative estimate of drug-likeness (QED) is 0.418. The molecule has 0 aromatic carbocycles. The van der Waals surface area contributed by atoms with E-state index >= 15 is 0 Å². The van der Waals surface area contributed by atoms with Crippen molar-refractivity contribution in [3.05, 3.63) is 11.9 Å². The maximum Gasteiger partial charge on any atom is 0.145 e. The van der Waals surface area contributed by atoms with E-state index in [1.165, 1.54) is 25.7 Å². The van der Waals surface area contributed by atoms with E-state index in [1.54, 1.807) is 0 Å². The van der Waals surface area contributed by atoms with Crippen molar-refractivity contribution >= 4 is 11.6 Å². The van der Waals surface area contributed by atoms with E-state index in [0.717, 1.165) is 24.1 Å². The number of rotatable bonds is 6. The molecule has 0 bridgehead atoms. The zero-order valence-electron chi connectivity index (χ0n) is 12.2. The number of anilines is 2. The second kappa shape index (κ2) is 5.74. The molecule has 0 radical (unpaired) electrons. The molecule has 1 aliphatic rings. The molecule has 1 saturated carbocycles. The van der Waals surface area contributed by atoms with Gasteiger partial charge in [0, 0.05) is 18.0 Å². The topological polar surface area (TPSA) is 75.9 Å². The molecule has 0 atom stereocenters. The van der Waals surface area contributed by atoms with Crippen molar-refractivity contribution in [2.24, 2.45) is 11.8 Å². The molecule has 0 amide bonds. The van der Waals surface area contributed by atoms with Crippen LogP contribution in [0.25, 0.3) is 0 Å². The molecule has 0 spiro atoms. The highest BCUT2D eigenvalue weighted by atomic mass is 15.3. The Labute approximate surface area is 115 Å². The van der Waals surface area contributed by atoms with Crippen molar-refractivity contribution in [3.8, 4) is 0 Å². The van der Waals surface area contributed by atoms with Crippen molar-refractivity contribution in [2.75, 3.05) is 17.3 Å². The van der Waals surface area contributed by atoms with E-state index in [1.807, 2.05) is 6.07 Å². The van der Waals surface area contributed by atoms with Crippen LogP contribution in [0.4, 0.5) is 11.6 Å². The fourth-order valence-electron chi connectivity index (χ4n) is 1.96. The third kappa shape index (κ3) is 4.35. The van der Waals surface area contributed by atoms with E-state index in [9.17, 15) is 0 Å². The van der Waals surface area contributed by atoms with Gasteiger partial charge in [0.15, 0.2) is 0 Å². The zero-order chi connectivity index (χ0) is 13.9.